The molecule has 0 N–H and O–H groups in total. The third kappa shape index (κ3) is 4.28. The Labute approximate surface area is 107 Å². The molecule has 0 aromatic rings. The van der Waals surface area contributed by atoms with E-state index >= 15 is 0 Å². The van der Waals surface area contributed by atoms with Crippen LogP contribution < -0.4 is 0 Å². The first-order valence-electron chi connectivity index (χ1n) is 8.05. The second-order valence-corrected chi connectivity index (χ2v) is 6.11. The van der Waals surface area contributed by atoms with Crippen LogP contribution >= 0.6 is 0 Å². The lowest BCUT2D eigenvalue weighted by atomic mass is 9.89. The lowest BCUT2D eigenvalue weighted by Crippen LogP contribution is -2.16. The maximum absolute atomic E-state index is 6.22. The summed E-state index contributed by atoms with van der Waals surface area (Å²) in [7, 11) is 0. The summed E-state index contributed by atoms with van der Waals surface area (Å²) in [6, 6.07) is 0. The summed E-state index contributed by atoms with van der Waals surface area (Å²) < 4.78 is 6.22. The van der Waals surface area contributed by atoms with Gasteiger partial charge in [0.2, 0.25) is 0 Å². The summed E-state index contributed by atoms with van der Waals surface area (Å²) in [6.07, 6.45) is 18.1. The smallest absolute Gasteiger partial charge is 0.0608 e. The third-order valence-electron chi connectivity index (χ3n) is 4.73. The van der Waals surface area contributed by atoms with Crippen molar-refractivity contribution in [2.24, 2.45) is 5.92 Å². The quantitative estimate of drug-likeness (QED) is 0.618. The van der Waals surface area contributed by atoms with E-state index in [0.717, 1.165) is 5.92 Å². The van der Waals surface area contributed by atoms with Crippen LogP contribution in [0.2, 0.25) is 0 Å². The van der Waals surface area contributed by atoms with Gasteiger partial charge in [-0.05, 0) is 31.6 Å². The zero-order valence-corrected chi connectivity index (χ0v) is 11.6. The summed E-state index contributed by atoms with van der Waals surface area (Å²) in [6.45, 7) is 2.28. The van der Waals surface area contributed by atoms with E-state index in [9.17, 15) is 0 Å². The van der Waals surface area contributed by atoms with Crippen LogP contribution in [0.4, 0.5) is 0 Å². The SMILES string of the molecule is CCC1CC2CCCCCCCCCCC2O1. The maximum Gasteiger partial charge on any atom is 0.0608 e. The molecule has 0 bridgehead atoms. The maximum atomic E-state index is 6.22. The minimum absolute atomic E-state index is 0.579. The Hall–Kier alpha value is -0.0400. The van der Waals surface area contributed by atoms with Crippen molar-refractivity contribution in [2.45, 2.75) is 96.2 Å². The van der Waals surface area contributed by atoms with E-state index in [0.29, 0.717) is 12.2 Å². The van der Waals surface area contributed by atoms with E-state index < -0.39 is 0 Å². The van der Waals surface area contributed by atoms with Gasteiger partial charge in [0, 0.05) is 0 Å². The van der Waals surface area contributed by atoms with Crippen molar-refractivity contribution in [3.63, 3.8) is 0 Å². The van der Waals surface area contributed by atoms with Gasteiger partial charge in [-0.25, -0.2) is 0 Å². The highest BCUT2D eigenvalue weighted by Crippen LogP contribution is 2.35. The van der Waals surface area contributed by atoms with Crippen molar-refractivity contribution in [3.05, 3.63) is 0 Å². The lowest BCUT2D eigenvalue weighted by Gasteiger charge is -2.19. The molecule has 3 unspecified atom stereocenters. The number of ether oxygens (including phenoxy) is 1. The monoisotopic (exact) mass is 238 g/mol. The summed E-state index contributed by atoms with van der Waals surface area (Å²) in [5.41, 5.74) is 0. The standard InChI is InChI=1S/C16H30O/c1-2-15-13-14-11-9-7-5-3-4-6-8-10-12-16(14)17-15/h14-16H,2-13H2,1H3. The molecule has 2 rings (SSSR count). The molecule has 0 aromatic carbocycles. The van der Waals surface area contributed by atoms with Gasteiger partial charge in [0.1, 0.15) is 0 Å². The van der Waals surface area contributed by atoms with Crippen molar-refractivity contribution < 1.29 is 4.74 Å². The fourth-order valence-corrected chi connectivity index (χ4v) is 3.59. The van der Waals surface area contributed by atoms with E-state index in [-0.39, 0.29) is 0 Å². The minimum atomic E-state index is 0.579. The Bertz CT molecular complexity index is 182. The first-order valence-corrected chi connectivity index (χ1v) is 8.05. The number of hydrogen-bond donors (Lipinski definition) is 0. The average molecular weight is 238 g/mol. The van der Waals surface area contributed by atoms with Gasteiger partial charge < -0.3 is 4.74 Å². The number of hydrogen-bond acceptors (Lipinski definition) is 1. The summed E-state index contributed by atoms with van der Waals surface area (Å²) in [4.78, 5) is 0. The van der Waals surface area contributed by atoms with Gasteiger partial charge in [-0.1, -0.05) is 58.3 Å². The summed E-state index contributed by atoms with van der Waals surface area (Å²) in [5.74, 6) is 0.888. The average Bonchev–Trinajstić information content (AvgIpc) is 2.72. The molecule has 1 saturated heterocycles. The molecule has 0 spiro atoms. The van der Waals surface area contributed by atoms with Gasteiger partial charge >= 0.3 is 0 Å². The van der Waals surface area contributed by atoms with E-state index in [2.05, 4.69) is 6.92 Å². The fourth-order valence-electron chi connectivity index (χ4n) is 3.59. The molecule has 1 aliphatic carbocycles. The van der Waals surface area contributed by atoms with E-state index in [4.69, 9.17) is 4.74 Å². The largest absolute Gasteiger partial charge is 0.375 e. The summed E-state index contributed by atoms with van der Waals surface area (Å²) in [5, 5.41) is 0. The molecule has 1 heterocycles. The zero-order chi connectivity index (χ0) is 11.9. The molecule has 0 amide bonds. The van der Waals surface area contributed by atoms with Gasteiger partial charge in [-0.15, -0.1) is 0 Å². The van der Waals surface area contributed by atoms with Gasteiger partial charge in [-0.2, -0.15) is 0 Å². The zero-order valence-electron chi connectivity index (χ0n) is 11.6. The highest BCUT2D eigenvalue weighted by molar-refractivity contribution is 4.82. The highest BCUT2D eigenvalue weighted by Gasteiger charge is 2.33. The van der Waals surface area contributed by atoms with Crippen LogP contribution in [0.3, 0.4) is 0 Å². The number of fused-ring (bicyclic) bond motifs is 1. The first-order chi connectivity index (χ1) is 8.40. The first kappa shape index (κ1) is 13.4. The van der Waals surface area contributed by atoms with Crippen LogP contribution in [0.15, 0.2) is 0 Å². The Kier molecular flexibility index (Phi) is 5.84. The van der Waals surface area contributed by atoms with Crippen LogP contribution in [-0.2, 0) is 4.74 Å². The molecule has 2 aliphatic rings. The van der Waals surface area contributed by atoms with Crippen molar-refractivity contribution in [1.82, 2.24) is 0 Å². The van der Waals surface area contributed by atoms with Crippen molar-refractivity contribution in [3.8, 4) is 0 Å². The van der Waals surface area contributed by atoms with Crippen LogP contribution in [0, 0.1) is 5.92 Å². The Morgan fingerprint density at radius 2 is 1.41 bits per heavy atom. The Morgan fingerprint density at radius 1 is 0.824 bits per heavy atom. The second kappa shape index (κ2) is 7.41. The normalized spacial score (nSPS) is 36.9. The van der Waals surface area contributed by atoms with Crippen LogP contribution in [-0.4, -0.2) is 12.2 Å². The fraction of sp³-hybridized carbons (Fsp3) is 1.00. The van der Waals surface area contributed by atoms with Gasteiger partial charge in [0.15, 0.2) is 0 Å². The molecule has 1 nitrogen and oxygen atoms in total. The molecular formula is C16H30O. The molecule has 0 aromatic heterocycles. The van der Waals surface area contributed by atoms with E-state index in [1.165, 1.54) is 77.0 Å². The third-order valence-corrected chi connectivity index (χ3v) is 4.73. The molecule has 0 radical (unpaired) electrons. The predicted molar refractivity (Wildman–Crippen MR) is 73.2 cm³/mol. The molecule has 1 saturated carbocycles. The van der Waals surface area contributed by atoms with E-state index in [1.54, 1.807) is 0 Å². The van der Waals surface area contributed by atoms with Gasteiger partial charge in [-0.3, -0.25) is 0 Å². The van der Waals surface area contributed by atoms with Crippen molar-refractivity contribution in [1.29, 1.82) is 0 Å². The Morgan fingerprint density at radius 3 is 2.06 bits per heavy atom. The predicted octanol–water partition coefficient (Wildman–Crippen LogP) is 5.08. The molecule has 3 atom stereocenters. The molecule has 100 valence electrons. The van der Waals surface area contributed by atoms with Gasteiger partial charge in [0.25, 0.3) is 0 Å². The molecule has 17 heavy (non-hydrogen) atoms. The molecule has 1 aliphatic heterocycles. The second-order valence-electron chi connectivity index (χ2n) is 6.11. The van der Waals surface area contributed by atoms with Crippen LogP contribution in [0.1, 0.15) is 84.0 Å². The highest BCUT2D eigenvalue weighted by atomic mass is 16.5. The topological polar surface area (TPSA) is 9.23 Å². The van der Waals surface area contributed by atoms with E-state index in [1.807, 2.05) is 0 Å². The van der Waals surface area contributed by atoms with Crippen LogP contribution in [0.25, 0.3) is 0 Å². The van der Waals surface area contributed by atoms with Crippen molar-refractivity contribution >= 4 is 0 Å². The number of rotatable bonds is 1. The van der Waals surface area contributed by atoms with Crippen molar-refractivity contribution in [2.75, 3.05) is 0 Å². The molecule has 2 fully saturated rings. The summed E-state index contributed by atoms with van der Waals surface area (Å²) >= 11 is 0. The Balaban J connectivity index is 1.82. The lowest BCUT2D eigenvalue weighted by molar-refractivity contribution is 0.0251. The minimum Gasteiger partial charge on any atom is -0.375 e. The molecular weight excluding hydrogens is 208 g/mol. The molecule has 1 heteroatoms. The van der Waals surface area contributed by atoms with Gasteiger partial charge in [0.05, 0.1) is 12.2 Å². The van der Waals surface area contributed by atoms with Crippen LogP contribution in [0.5, 0.6) is 0 Å².